The molecule has 0 radical (unpaired) electrons. The third-order valence-corrected chi connectivity index (χ3v) is 2.85. The van der Waals surface area contributed by atoms with E-state index in [2.05, 4.69) is 20.6 Å². The number of aryl methyl sites for hydroxylation is 2. The van der Waals surface area contributed by atoms with Gasteiger partial charge in [-0.05, 0) is 13.8 Å². The van der Waals surface area contributed by atoms with E-state index in [-0.39, 0.29) is 11.9 Å². The maximum atomic E-state index is 12.1. The van der Waals surface area contributed by atoms with Crippen LogP contribution in [0.5, 0.6) is 0 Å². The van der Waals surface area contributed by atoms with Crippen molar-refractivity contribution in [3.05, 3.63) is 29.3 Å². The summed E-state index contributed by atoms with van der Waals surface area (Å²) in [6.07, 6.45) is 3.41. The van der Waals surface area contributed by atoms with Crippen molar-refractivity contribution in [3.63, 3.8) is 0 Å². The third kappa shape index (κ3) is 2.06. The zero-order valence-corrected chi connectivity index (χ0v) is 10.6. The van der Waals surface area contributed by atoms with Gasteiger partial charge in [0.05, 0.1) is 23.6 Å². The van der Waals surface area contributed by atoms with Crippen molar-refractivity contribution in [2.75, 3.05) is 5.73 Å². The molecule has 0 saturated heterocycles. The van der Waals surface area contributed by atoms with Crippen LogP contribution in [0.15, 0.2) is 12.4 Å². The minimum Gasteiger partial charge on any atom is -0.395 e. The smallest absolute Gasteiger partial charge is 0.272 e. The number of nitrogens with zero attached hydrogens (tertiary/aromatic N) is 3. The van der Waals surface area contributed by atoms with E-state index in [0.29, 0.717) is 17.1 Å². The largest absolute Gasteiger partial charge is 0.395 e. The van der Waals surface area contributed by atoms with Crippen molar-refractivity contribution in [3.8, 4) is 0 Å². The van der Waals surface area contributed by atoms with Crippen LogP contribution in [0, 0.1) is 6.92 Å². The highest BCUT2D eigenvalue weighted by molar-refractivity contribution is 5.98. The van der Waals surface area contributed by atoms with Crippen molar-refractivity contribution >= 4 is 11.6 Å². The van der Waals surface area contributed by atoms with E-state index in [1.807, 2.05) is 6.92 Å². The highest BCUT2D eigenvalue weighted by Crippen LogP contribution is 2.17. The summed E-state index contributed by atoms with van der Waals surface area (Å²) < 4.78 is 1.49. The minimum absolute atomic E-state index is 0.147. The van der Waals surface area contributed by atoms with E-state index >= 15 is 0 Å². The average molecular weight is 248 g/mol. The number of aromatic amines is 1. The number of nitrogens with two attached hydrogens (primary N) is 1. The van der Waals surface area contributed by atoms with Gasteiger partial charge in [0.15, 0.2) is 0 Å². The molecule has 1 unspecified atom stereocenters. The number of rotatable bonds is 3. The van der Waals surface area contributed by atoms with Crippen LogP contribution < -0.4 is 11.1 Å². The van der Waals surface area contributed by atoms with Gasteiger partial charge in [0.25, 0.3) is 5.91 Å². The van der Waals surface area contributed by atoms with Crippen LogP contribution in [0.4, 0.5) is 5.69 Å². The number of carbonyl (C=O) groups excluding carboxylic acids is 1. The molecule has 0 aliphatic rings. The highest BCUT2D eigenvalue weighted by Gasteiger charge is 2.20. The molecular weight excluding hydrogens is 232 g/mol. The van der Waals surface area contributed by atoms with Gasteiger partial charge < -0.3 is 11.1 Å². The Labute approximate surface area is 104 Å². The average Bonchev–Trinajstić information content (AvgIpc) is 2.88. The lowest BCUT2D eigenvalue weighted by molar-refractivity contribution is 0.0931. The number of hydrogen-bond donors (Lipinski definition) is 3. The Balaban J connectivity index is 2.17. The van der Waals surface area contributed by atoms with Gasteiger partial charge >= 0.3 is 0 Å². The molecule has 0 saturated carbocycles. The summed E-state index contributed by atoms with van der Waals surface area (Å²) >= 11 is 0. The summed E-state index contributed by atoms with van der Waals surface area (Å²) in [5.41, 5.74) is 8.18. The number of amides is 1. The van der Waals surface area contributed by atoms with Gasteiger partial charge in [-0.3, -0.25) is 14.6 Å². The molecule has 0 aliphatic carbocycles. The molecule has 1 amide bonds. The summed E-state index contributed by atoms with van der Waals surface area (Å²) in [6.45, 7) is 3.65. The van der Waals surface area contributed by atoms with Gasteiger partial charge in [0.1, 0.15) is 5.69 Å². The first-order chi connectivity index (χ1) is 8.50. The monoisotopic (exact) mass is 248 g/mol. The molecule has 2 rings (SSSR count). The molecule has 96 valence electrons. The number of anilines is 1. The summed E-state index contributed by atoms with van der Waals surface area (Å²) in [5, 5.41) is 13.5. The second kappa shape index (κ2) is 4.52. The summed E-state index contributed by atoms with van der Waals surface area (Å²) in [7, 11) is 1.70. The molecule has 0 spiro atoms. The fourth-order valence-corrected chi connectivity index (χ4v) is 1.79. The number of nitrogen functional groups attached to an aromatic ring is 1. The molecule has 2 aromatic heterocycles. The van der Waals surface area contributed by atoms with Crippen LogP contribution in [0.1, 0.15) is 34.7 Å². The lowest BCUT2D eigenvalue weighted by Crippen LogP contribution is -2.29. The predicted octanol–water partition coefficient (Wildman–Crippen LogP) is 0.525. The van der Waals surface area contributed by atoms with Crippen molar-refractivity contribution < 1.29 is 4.79 Å². The minimum atomic E-state index is -0.246. The summed E-state index contributed by atoms with van der Waals surface area (Å²) in [4.78, 5) is 12.1. The van der Waals surface area contributed by atoms with Gasteiger partial charge in [-0.25, -0.2) is 0 Å². The first kappa shape index (κ1) is 12.2. The van der Waals surface area contributed by atoms with Crippen molar-refractivity contribution in [2.45, 2.75) is 19.9 Å². The first-order valence-electron chi connectivity index (χ1n) is 5.59. The standard InChI is InChI=1S/C11H16N6O/c1-6(8-4-13-14-5-8)15-11(18)10-9(12)7(2)16-17(10)3/h4-6H,12H2,1-3H3,(H,13,14)(H,15,18). The molecule has 2 aromatic rings. The third-order valence-electron chi connectivity index (χ3n) is 2.85. The Hall–Kier alpha value is -2.31. The molecule has 18 heavy (non-hydrogen) atoms. The highest BCUT2D eigenvalue weighted by atomic mass is 16.2. The quantitative estimate of drug-likeness (QED) is 0.737. The Morgan fingerprint density at radius 2 is 2.33 bits per heavy atom. The first-order valence-corrected chi connectivity index (χ1v) is 5.59. The predicted molar refractivity (Wildman–Crippen MR) is 66.8 cm³/mol. The summed E-state index contributed by atoms with van der Waals surface area (Å²) in [5.74, 6) is -0.246. The van der Waals surface area contributed by atoms with Crippen LogP contribution in [-0.4, -0.2) is 25.9 Å². The second-order valence-electron chi connectivity index (χ2n) is 4.20. The van der Waals surface area contributed by atoms with Gasteiger partial charge in [-0.2, -0.15) is 10.2 Å². The lowest BCUT2D eigenvalue weighted by atomic mass is 10.2. The Bertz CT molecular complexity index is 556. The van der Waals surface area contributed by atoms with Crippen LogP contribution in [0.25, 0.3) is 0 Å². The van der Waals surface area contributed by atoms with Gasteiger partial charge in [0, 0.05) is 18.8 Å². The maximum Gasteiger partial charge on any atom is 0.272 e. The molecule has 0 fully saturated rings. The number of carbonyl (C=O) groups is 1. The van der Waals surface area contributed by atoms with Crippen molar-refractivity contribution in [2.24, 2.45) is 7.05 Å². The second-order valence-corrected chi connectivity index (χ2v) is 4.20. The zero-order chi connectivity index (χ0) is 13.3. The van der Waals surface area contributed by atoms with Crippen LogP contribution in [0.2, 0.25) is 0 Å². The Kier molecular flexibility index (Phi) is 3.05. The maximum absolute atomic E-state index is 12.1. The van der Waals surface area contributed by atoms with E-state index in [0.717, 1.165) is 5.56 Å². The van der Waals surface area contributed by atoms with Crippen molar-refractivity contribution in [1.29, 1.82) is 0 Å². The molecule has 7 heteroatoms. The van der Waals surface area contributed by atoms with Gasteiger partial charge in [-0.1, -0.05) is 0 Å². The number of aromatic nitrogens is 4. The molecule has 0 bridgehead atoms. The molecular formula is C11H16N6O. The van der Waals surface area contributed by atoms with Crippen molar-refractivity contribution in [1.82, 2.24) is 25.3 Å². The van der Waals surface area contributed by atoms with E-state index < -0.39 is 0 Å². The number of H-pyrrole nitrogens is 1. The molecule has 7 nitrogen and oxygen atoms in total. The Morgan fingerprint density at radius 1 is 1.61 bits per heavy atom. The fraction of sp³-hybridized carbons (Fsp3) is 0.364. The molecule has 4 N–H and O–H groups in total. The van der Waals surface area contributed by atoms with E-state index in [4.69, 9.17) is 5.73 Å². The van der Waals surface area contributed by atoms with Crippen LogP contribution in [-0.2, 0) is 7.05 Å². The number of nitrogens with one attached hydrogen (secondary N) is 2. The molecule has 1 atom stereocenters. The molecule has 0 aromatic carbocycles. The molecule has 0 aliphatic heterocycles. The van der Waals surface area contributed by atoms with E-state index in [1.54, 1.807) is 26.4 Å². The van der Waals surface area contributed by atoms with Crippen LogP contribution >= 0.6 is 0 Å². The van der Waals surface area contributed by atoms with Gasteiger partial charge in [0.2, 0.25) is 0 Å². The molecule has 2 heterocycles. The Morgan fingerprint density at radius 3 is 2.83 bits per heavy atom. The SMILES string of the molecule is Cc1nn(C)c(C(=O)NC(C)c2cn[nH]c2)c1N. The lowest BCUT2D eigenvalue weighted by Gasteiger charge is -2.12. The number of hydrogen-bond acceptors (Lipinski definition) is 4. The van der Waals surface area contributed by atoms with E-state index in [1.165, 1.54) is 4.68 Å². The van der Waals surface area contributed by atoms with Crippen LogP contribution in [0.3, 0.4) is 0 Å². The zero-order valence-electron chi connectivity index (χ0n) is 10.6. The topological polar surface area (TPSA) is 102 Å². The normalized spacial score (nSPS) is 12.4. The summed E-state index contributed by atoms with van der Waals surface area (Å²) in [6, 6.07) is -0.147. The fourth-order valence-electron chi connectivity index (χ4n) is 1.79. The van der Waals surface area contributed by atoms with Gasteiger partial charge in [-0.15, -0.1) is 0 Å². The van der Waals surface area contributed by atoms with E-state index in [9.17, 15) is 4.79 Å².